The predicted octanol–water partition coefficient (Wildman–Crippen LogP) is 3.93. The van der Waals surface area contributed by atoms with E-state index in [2.05, 4.69) is 20.4 Å². The van der Waals surface area contributed by atoms with Gasteiger partial charge in [-0.05, 0) is 56.9 Å². The van der Waals surface area contributed by atoms with Crippen LogP contribution < -0.4 is 10.2 Å². The number of hydrogen-bond acceptors (Lipinski definition) is 5. The second-order valence-electron chi connectivity index (χ2n) is 7.71. The number of carbonyl (C=O) groups excluding carboxylic acids is 1. The monoisotopic (exact) mass is 432 g/mol. The van der Waals surface area contributed by atoms with Gasteiger partial charge in [-0.2, -0.15) is 23.3 Å². The first kappa shape index (κ1) is 21.1. The highest BCUT2D eigenvalue weighted by Gasteiger charge is 2.32. The molecule has 1 amide bonds. The quantitative estimate of drug-likeness (QED) is 0.661. The molecule has 1 fully saturated rings. The van der Waals surface area contributed by atoms with Gasteiger partial charge in [-0.25, -0.2) is 9.50 Å². The van der Waals surface area contributed by atoms with Crippen LogP contribution in [-0.4, -0.2) is 38.6 Å². The van der Waals surface area contributed by atoms with Gasteiger partial charge in [0.1, 0.15) is 6.33 Å². The first-order valence-corrected chi connectivity index (χ1v) is 10.2. The molecule has 7 nitrogen and oxygen atoms in total. The number of halogens is 3. The average molecular weight is 432 g/mol. The predicted molar refractivity (Wildman–Crippen MR) is 110 cm³/mol. The zero-order chi connectivity index (χ0) is 22.2. The SMILES string of the molecule is Cc1nc2ncnn2c(C)c1CCC(=O)Nc1cc(C(F)(F)F)ccc1N1CCCC1. The van der Waals surface area contributed by atoms with Crippen LogP contribution in [0.3, 0.4) is 0 Å². The molecule has 164 valence electrons. The number of nitrogens with zero attached hydrogens (tertiary/aromatic N) is 5. The van der Waals surface area contributed by atoms with Crippen LogP contribution in [0.15, 0.2) is 24.5 Å². The summed E-state index contributed by atoms with van der Waals surface area (Å²) < 4.78 is 41.3. The summed E-state index contributed by atoms with van der Waals surface area (Å²) in [5, 5.41) is 6.84. The van der Waals surface area contributed by atoms with Gasteiger partial charge in [-0.15, -0.1) is 0 Å². The van der Waals surface area contributed by atoms with E-state index >= 15 is 0 Å². The molecule has 0 bridgehead atoms. The summed E-state index contributed by atoms with van der Waals surface area (Å²) in [6.45, 7) is 5.24. The lowest BCUT2D eigenvalue weighted by Crippen LogP contribution is -2.22. The molecule has 10 heteroatoms. The Morgan fingerprint density at radius 1 is 1.19 bits per heavy atom. The Kier molecular flexibility index (Phi) is 5.55. The molecule has 0 unspecified atom stereocenters. The third kappa shape index (κ3) is 4.33. The van der Waals surface area contributed by atoms with E-state index in [0.29, 0.717) is 17.9 Å². The summed E-state index contributed by atoms with van der Waals surface area (Å²) in [7, 11) is 0. The third-order valence-corrected chi connectivity index (χ3v) is 5.64. The Morgan fingerprint density at radius 2 is 1.94 bits per heavy atom. The lowest BCUT2D eigenvalue weighted by molar-refractivity contribution is -0.137. The lowest BCUT2D eigenvalue weighted by atomic mass is 10.1. The van der Waals surface area contributed by atoms with E-state index < -0.39 is 11.7 Å². The van der Waals surface area contributed by atoms with Gasteiger partial charge < -0.3 is 10.2 Å². The standard InChI is InChI=1S/C21H23F3N6O/c1-13-16(14(2)30-20(27-13)25-12-26-30)6-8-19(31)28-17-11-15(21(22,23)24)5-7-18(17)29-9-3-4-10-29/h5,7,11-12H,3-4,6,8-10H2,1-2H3,(H,28,31). The number of hydrogen-bond donors (Lipinski definition) is 1. The molecule has 4 rings (SSSR count). The number of aromatic nitrogens is 4. The lowest BCUT2D eigenvalue weighted by Gasteiger charge is -2.23. The minimum Gasteiger partial charge on any atom is -0.370 e. The molecule has 3 heterocycles. The van der Waals surface area contributed by atoms with Crippen molar-refractivity contribution in [3.63, 3.8) is 0 Å². The highest BCUT2D eigenvalue weighted by molar-refractivity contribution is 5.94. The average Bonchev–Trinajstić information content (AvgIpc) is 3.39. The topological polar surface area (TPSA) is 75.4 Å². The fourth-order valence-corrected chi connectivity index (χ4v) is 4.01. The number of nitrogens with one attached hydrogen (secondary N) is 1. The summed E-state index contributed by atoms with van der Waals surface area (Å²) >= 11 is 0. The fraction of sp³-hybridized carbons (Fsp3) is 0.429. The fourth-order valence-electron chi connectivity index (χ4n) is 4.01. The van der Waals surface area contributed by atoms with E-state index in [-0.39, 0.29) is 18.0 Å². The van der Waals surface area contributed by atoms with Gasteiger partial charge in [0.2, 0.25) is 5.91 Å². The molecular formula is C21H23F3N6O. The molecule has 1 aliphatic rings. The molecule has 0 aliphatic carbocycles. The van der Waals surface area contributed by atoms with Crippen LogP contribution >= 0.6 is 0 Å². The van der Waals surface area contributed by atoms with E-state index in [4.69, 9.17) is 0 Å². The van der Waals surface area contributed by atoms with E-state index in [1.54, 1.807) is 4.52 Å². The van der Waals surface area contributed by atoms with Crippen molar-refractivity contribution in [3.05, 3.63) is 47.0 Å². The van der Waals surface area contributed by atoms with Crippen molar-refractivity contribution in [3.8, 4) is 0 Å². The van der Waals surface area contributed by atoms with Crippen molar-refractivity contribution in [2.75, 3.05) is 23.3 Å². The van der Waals surface area contributed by atoms with E-state index in [9.17, 15) is 18.0 Å². The molecule has 1 aromatic carbocycles. The van der Waals surface area contributed by atoms with Gasteiger partial charge in [0.05, 0.1) is 16.9 Å². The van der Waals surface area contributed by atoms with Crippen LogP contribution in [0, 0.1) is 13.8 Å². The number of alkyl halides is 3. The van der Waals surface area contributed by atoms with Gasteiger partial charge in [-0.1, -0.05) is 0 Å². The van der Waals surface area contributed by atoms with Crippen molar-refractivity contribution >= 4 is 23.1 Å². The summed E-state index contributed by atoms with van der Waals surface area (Å²) in [6.07, 6.45) is -0.603. The Hall–Kier alpha value is -3.17. The van der Waals surface area contributed by atoms with Crippen molar-refractivity contribution in [2.24, 2.45) is 0 Å². The molecule has 0 spiro atoms. The van der Waals surface area contributed by atoms with Crippen LogP contribution in [0.1, 0.15) is 41.8 Å². The largest absolute Gasteiger partial charge is 0.416 e. The van der Waals surface area contributed by atoms with Crippen molar-refractivity contribution in [1.29, 1.82) is 0 Å². The van der Waals surface area contributed by atoms with Crippen LogP contribution in [0.5, 0.6) is 0 Å². The summed E-state index contributed by atoms with van der Waals surface area (Å²) in [6, 6.07) is 3.53. The highest BCUT2D eigenvalue weighted by Crippen LogP contribution is 2.36. The van der Waals surface area contributed by atoms with Gasteiger partial charge >= 0.3 is 6.18 Å². The smallest absolute Gasteiger partial charge is 0.370 e. The summed E-state index contributed by atoms with van der Waals surface area (Å²) in [4.78, 5) is 23.2. The van der Waals surface area contributed by atoms with Gasteiger partial charge in [0, 0.05) is 30.9 Å². The molecule has 1 N–H and O–H groups in total. The number of amides is 1. The van der Waals surface area contributed by atoms with Crippen LogP contribution in [-0.2, 0) is 17.4 Å². The van der Waals surface area contributed by atoms with E-state index in [1.165, 1.54) is 12.4 Å². The second kappa shape index (κ2) is 8.16. The van der Waals surface area contributed by atoms with Crippen LogP contribution in [0.25, 0.3) is 5.78 Å². The maximum atomic E-state index is 13.2. The Morgan fingerprint density at radius 3 is 2.65 bits per heavy atom. The zero-order valence-corrected chi connectivity index (χ0v) is 17.3. The van der Waals surface area contributed by atoms with Crippen molar-refractivity contribution < 1.29 is 18.0 Å². The third-order valence-electron chi connectivity index (χ3n) is 5.64. The number of rotatable bonds is 5. The van der Waals surface area contributed by atoms with Crippen molar-refractivity contribution in [1.82, 2.24) is 19.6 Å². The highest BCUT2D eigenvalue weighted by atomic mass is 19.4. The molecule has 1 aliphatic heterocycles. The second-order valence-corrected chi connectivity index (χ2v) is 7.71. The van der Waals surface area contributed by atoms with Crippen LogP contribution in [0.4, 0.5) is 24.5 Å². The number of benzene rings is 1. The number of anilines is 2. The Bertz CT molecular complexity index is 1120. The zero-order valence-electron chi connectivity index (χ0n) is 17.3. The first-order valence-electron chi connectivity index (χ1n) is 10.2. The Labute approximate surface area is 177 Å². The molecule has 0 atom stereocenters. The van der Waals surface area contributed by atoms with Crippen molar-refractivity contribution in [2.45, 2.75) is 45.7 Å². The summed E-state index contributed by atoms with van der Waals surface area (Å²) in [5.41, 5.74) is 2.50. The molecule has 3 aromatic rings. The van der Waals surface area contributed by atoms with E-state index in [1.807, 2.05) is 18.7 Å². The normalized spacial score (nSPS) is 14.4. The molecule has 2 aromatic heterocycles. The van der Waals surface area contributed by atoms with Crippen LogP contribution in [0.2, 0.25) is 0 Å². The minimum atomic E-state index is -4.48. The molecule has 0 radical (unpaired) electrons. The van der Waals surface area contributed by atoms with E-state index in [0.717, 1.165) is 55.0 Å². The maximum absolute atomic E-state index is 13.2. The molecular weight excluding hydrogens is 409 g/mol. The number of fused-ring (bicyclic) bond motifs is 1. The molecule has 1 saturated heterocycles. The number of aryl methyl sites for hydroxylation is 2. The minimum absolute atomic E-state index is 0.110. The molecule has 0 saturated carbocycles. The Balaban J connectivity index is 1.54. The number of carbonyl (C=O) groups is 1. The maximum Gasteiger partial charge on any atom is 0.416 e. The van der Waals surface area contributed by atoms with Gasteiger partial charge in [-0.3, -0.25) is 4.79 Å². The molecule has 31 heavy (non-hydrogen) atoms. The van der Waals surface area contributed by atoms with Gasteiger partial charge in [0.15, 0.2) is 0 Å². The first-order chi connectivity index (χ1) is 14.7. The summed E-state index contributed by atoms with van der Waals surface area (Å²) in [5.74, 6) is 0.139. The van der Waals surface area contributed by atoms with Gasteiger partial charge in [0.25, 0.3) is 5.78 Å².